The SMILES string of the molecule is C[C@H]1CC[C@@H]2[C@@H](C)[C@@H]3CC[C@H]4[C@@H](C[C@H]5[C@H]4C[C@@H](O)[C@H]4C[C@@H](O)CC[C@@]45C)[C@@H]3CN2C1. The summed E-state index contributed by atoms with van der Waals surface area (Å²) in [7, 11) is 0. The average molecular weight is 416 g/mol. The van der Waals surface area contributed by atoms with E-state index in [9.17, 15) is 10.2 Å². The normalized spacial score (nSPS) is 60.7. The van der Waals surface area contributed by atoms with Crippen molar-refractivity contribution in [1.82, 2.24) is 4.90 Å². The molecule has 6 rings (SSSR count). The molecule has 0 aromatic rings. The highest BCUT2D eigenvalue weighted by Crippen LogP contribution is 2.67. The third kappa shape index (κ3) is 2.86. The van der Waals surface area contributed by atoms with Crippen LogP contribution in [-0.2, 0) is 0 Å². The summed E-state index contributed by atoms with van der Waals surface area (Å²) in [5.74, 6) is 7.22. The number of hydrogen-bond donors (Lipinski definition) is 2. The molecule has 170 valence electrons. The Bertz CT molecular complexity index is 665. The molecule has 0 aromatic carbocycles. The van der Waals surface area contributed by atoms with E-state index < -0.39 is 0 Å². The van der Waals surface area contributed by atoms with Crippen LogP contribution in [0.25, 0.3) is 0 Å². The minimum absolute atomic E-state index is 0.180. The lowest BCUT2D eigenvalue weighted by Gasteiger charge is -2.56. The van der Waals surface area contributed by atoms with Crippen molar-refractivity contribution in [2.45, 2.75) is 96.8 Å². The maximum absolute atomic E-state index is 11.2. The number of piperidine rings is 2. The van der Waals surface area contributed by atoms with Crippen molar-refractivity contribution in [2.75, 3.05) is 13.1 Å². The van der Waals surface area contributed by atoms with Gasteiger partial charge in [-0.05, 0) is 116 Å². The van der Waals surface area contributed by atoms with Gasteiger partial charge >= 0.3 is 0 Å². The van der Waals surface area contributed by atoms with E-state index >= 15 is 0 Å². The van der Waals surface area contributed by atoms with Crippen molar-refractivity contribution < 1.29 is 10.2 Å². The van der Waals surface area contributed by atoms with Gasteiger partial charge in [0.1, 0.15) is 0 Å². The van der Waals surface area contributed by atoms with Crippen molar-refractivity contribution >= 4 is 0 Å². The maximum Gasteiger partial charge on any atom is 0.0577 e. The summed E-state index contributed by atoms with van der Waals surface area (Å²) < 4.78 is 0. The number of aliphatic hydroxyl groups excluding tert-OH is 2. The number of aliphatic hydroxyl groups is 2. The van der Waals surface area contributed by atoms with Gasteiger partial charge in [-0.25, -0.2) is 0 Å². The van der Waals surface area contributed by atoms with Gasteiger partial charge < -0.3 is 10.2 Å². The maximum atomic E-state index is 11.2. The van der Waals surface area contributed by atoms with E-state index in [0.717, 1.165) is 79.1 Å². The second kappa shape index (κ2) is 7.19. The van der Waals surface area contributed by atoms with Gasteiger partial charge in [0, 0.05) is 19.1 Å². The van der Waals surface area contributed by atoms with Crippen LogP contribution in [0.15, 0.2) is 0 Å². The molecule has 0 amide bonds. The molecule has 0 bridgehead atoms. The number of fused-ring (bicyclic) bond motifs is 8. The Morgan fingerprint density at radius 3 is 2.37 bits per heavy atom. The highest BCUT2D eigenvalue weighted by molar-refractivity contribution is 5.12. The summed E-state index contributed by atoms with van der Waals surface area (Å²) in [6, 6.07) is 0.853. The first-order valence-corrected chi connectivity index (χ1v) is 13.5. The molecule has 2 aliphatic heterocycles. The Hall–Kier alpha value is -0.120. The summed E-state index contributed by atoms with van der Waals surface area (Å²) in [6.07, 6.45) is 10.7. The van der Waals surface area contributed by atoms with Gasteiger partial charge in [0.05, 0.1) is 12.2 Å². The van der Waals surface area contributed by atoms with E-state index in [-0.39, 0.29) is 17.6 Å². The molecule has 4 saturated carbocycles. The molecule has 2 N–H and O–H groups in total. The predicted octanol–water partition coefficient (Wildman–Crippen LogP) is 4.56. The van der Waals surface area contributed by atoms with Gasteiger partial charge in [-0.15, -0.1) is 0 Å². The van der Waals surface area contributed by atoms with Gasteiger partial charge in [0.2, 0.25) is 0 Å². The first-order valence-electron chi connectivity index (χ1n) is 13.5. The molecular weight excluding hydrogens is 370 g/mol. The van der Waals surface area contributed by atoms with E-state index in [1.807, 2.05) is 0 Å². The monoisotopic (exact) mass is 415 g/mol. The van der Waals surface area contributed by atoms with Gasteiger partial charge in [-0.3, -0.25) is 4.90 Å². The molecule has 4 aliphatic carbocycles. The van der Waals surface area contributed by atoms with Gasteiger partial charge in [0.15, 0.2) is 0 Å². The topological polar surface area (TPSA) is 43.7 Å². The molecular formula is C27H45NO2. The lowest BCUT2D eigenvalue weighted by Crippen LogP contribution is -2.58. The molecule has 0 unspecified atom stereocenters. The molecule has 3 heteroatoms. The van der Waals surface area contributed by atoms with Gasteiger partial charge in [-0.1, -0.05) is 20.8 Å². The summed E-state index contributed by atoms with van der Waals surface area (Å²) in [6.45, 7) is 10.3. The zero-order valence-corrected chi connectivity index (χ0v) is 19.5. The summed E-state index contributed by atoms with van der Waals surface area (Å²) in [5, 5.41) is 21.5. The average Bonchev–Trinajstić information content (AvgIpc) is 3.09. The van der Waals surface area contributed by atoms with E-state index in [1.54, 1.807) is 0 Å². The first kappa shape index (κ1) is 20.5. The van der Waals surface area contributed by atoms with Crippen LogP contribution in [0.2, 0.25) is 0 Å². The fraction of sp³-hybridized carbons (Fsp3) is 1.00. The number of nitrogens with zero attached hydrogens (tertiary/aromatic N) is 1. The minimum atomic E-state index is -0.181. The van der Waals surface area contributed by atoms with E-state index in [1.165, 1.54) is 45.2 Å². The molecule has 6 fully saturated rings. The van der Waals surface area contributed by atoms with Crippen molar-refractivity contribution in [1.29, 1.82) is 0 Å². The Morgan fingerprint density at radius 1 is 0.733 bits per heavy atom. The lowest BCUT2D eigenvalue weighted by atomic mass is 9.51. The van der Waals surface area contributed by atoms with Crippen LogP contribution >= 0.6 is 0 Å². The van der Waals surface area contributed by atoms with Crippen LogP contribution in [-0.4, -0.2) is 46.5 Å². The van der Waals surface area contributed by atoms with Crippen LogP contribution in [0.5, 0.6) is 0 Å². The predicted molar refractivity (Wildman–Crippen MR) is 120 cm³/mol. The number of rotatable bonds is 0. The summed E-state index contributed by atoms with van der Waals surface area (Å²) in [5.41, 5.74) is 0.261. The Balaban J connectivity index is 1.28. The molecule has 3 nitrogen and oxygen atoms in total. The smallest absolute Gasteiger partial charge is 0.0577 e. The van der Waals surface area contributed by atoms with E-state index in [0.29, 0.717) is 5.92 Å². The Kier molecular flexibility index (Phi) is 4.91. The largest absolute Gasteiger partial charge is 0.393 e. The number of hydrogen-bond acceptors (Lipinski definition) is 3. The van der Waals surface area contributed by atoms with E-state index in [4.69, 9.17) is 0 Å². The van der Waals surface area contributed by atoms with Crippen molar-refractivity contribution in [2.24, 2.45) is 58.7 Å². The summed E-state index contributed by atoms with van der Waals surface area (Å²) in [4.78, 5) is 2.92. The van der Waals surface area contributed by atoms with Crippen molar-refractivity contribution in [3.63, 3.8) is 0 Å². The molecule has 6 aliphatic rings. The van der Waals surface area contributed by atoms with Crippen LogP contribution < -0.4 is 0 Å². The molecule has 30 heavy (non-hydrogen) atoms. The van der Waals surface area contributed by atoms with Crippen LogP contribution in [0.1, 0.15) is 78.6 Å². The Morgan fingerprint density at radius 2 is 1.53 bits per heavy atom. The van der Waals surface area contributed by atoms with Gasteiger partial charge in [-0.2, -0.15) is 0 Å². The highest BCUT2D eigenvalue weighted by Gasteiger charge is 2.62. The fourth-order valence-corrected chi connectivity index (χ4v) is 10.6. The highest BCUT2D eigenvalue weighted by atomic mass is 16.3. The molecule has 2 heterocycles. The Labute approximate surface area is 184 Å². The molecule has 0 spiro atoms. The van der Waals surface area contributed by atoms with Gasteiger partial charge in [0.25, 0.3) is 0 Å². The molecule has 0 radical (unpaired) electrons. The third-order valence-corrected chi connectivity index (χ3v) is 12.0. The van der Waals surface area contributed by atoms with Crippen molar-refractivity contribution in [3.8, 4) is 0 Å². The lowest BCUT2D eigenvalue weighted by molar-refractivity contribution is -0.130. The minimum Gasteiger partial charge on any atom is -0.393 e. The summed E-state index contributed by atoms with van der Waals surface area (Å²) >= 11 is 0. The standard InChI is InChI=1S/C27H45NO2/c1-15-4-7-25-16(2)18-5-6-19-20(22(18)14-28(25)13-15)11-23-21(19)12-26(30)24-10-17(29)8-9-27(23,24)3/h15-26,29-30H,4-14H2,1-3H3/t15-,16-,17-,18-,19-,20+,21-,22+,23-,24+,25+,26+,27+/m0/s1. The second-order valence-corrected chi connectivity index (χ2v) is 13.1. The molecule has 0 aromatic heterocycles. The quantitative estimate of drug-likeness (QED) is 0.609. The van der Waals surface area contributed by atoms with Crippen LogP contribution in [0.3, 0.4) is 0 Å². The van der Waals surface area contributed by atoms with Crippen LogP contribution in [0, 0.1) is 58.7 Å². The fourth-order valence-electron chi connectivity index (χ4n) is 10.6. The van der Waals surface area contributed by atoms with Crippen LogP contribution in [0.4, 0.5) is 0 Å². The first-order chi connectivity index (χ1) is 14.4. The zero-order chi connectivity index (χ0) is 20.8. The second-order valence-electron chi connectivity index (χ2n) is 13.1. The molecule has 2 saturated heterocycles. The van der Waals surface area contributed by atoms with Crippen molar-refractivity contribution in [3.05, 3.63) is 0 Å². The zero-order valence-electron chi connectivity index (χ0n) is 19.5. The van der Waals surface area contributed by atoms with E-state index in [2.05, 4.69) is 25.7 Å². The molecule has 13 atom stereocenters. The third-order valence-electron chi connectivity index (χ3n) is 12.0.